The lowest BCUT2D eigenvalue weighted by atomic mass is 10.2. The molecular weight excluding hydrogens is 360 g/mol. The number of sulfonamides is 1. The van der Waals surface area contributed by atoms with Gasteiger partial charge in [0.25, 0.3) is 0 Å². The van der Waals surface area contributed by atoms with Gasteiger partial charge in [-0.25, -0.2) is 8.42 Å². The van der Waals surface area contributed by atoms with E-state index >= 15 is 0 Å². The third kappa shape index (κ3) is 5.70. The fourth-order valence-electron chi connectivity index (χ4n) is 2.08. The molecule has 0 unspecified atom stereocenters. The molecule has 7 heteroatoms. The van der Waals surface area contributed by atoms with Gasteiger partial charge in [0.15, 0.2) is 0 Å². The number of carbonyl (C=O) groups excluding carboxylic acids is 1. The second kappa shape index (κ2) is 8.29. The van der Waals surface area contributed by atoms with E-state index in [0.717, 1.165) is 20.8 Å². The Kier molecular flexibility index (Phi) is 6.36. The van der Waals surface area contributed by atoms with Gasteiger partial charge in [-0.2, -0.15) is 4.31 Å². The molecule has 0 fully saturated rings. The van der Waals surface area contributed by atoms with Crippen molar-refractivity contribution in [1.82, 2.24) is 4.31 Å². The topological polar surface area (TPSA) is 66.5 Å². The van der Waals surface area contributed by atoms with Crippen LogP contribution in [0.15, 0.2) is 53.9 Å². The smallest absolute Gasteiger partial charge is 0.239 e. The predicted molar refractivity (Wildman–Crippen MR) is 102 cm³/mol. The van der Waals surface area contributed by atoms with Crippen molar-refractivity contribution < 1.29 is 13.2 Å². The normalized spacial score (nSPS) is 11.8. The monoisotopic (exact) mass is 378 g/mol. The molecule has 1 amide bonds. The van der Waals surface area contributed by atoms with Crippen LogP contribution in [0.5, 0.6) is 0 Å². The molecule has 2 aromatic carbocycles. The summed E-state index contributed by atoms with van der Waals surface area (Å²) in [5.74, 6) is -0.426. The summed E-state index contributed by atoms with van der Waals surface area (Å²) >= 11 is 5.88. The molecule has 0 aliphatic heterocycles. The first kappa shape index (κ1) is 19.2. The first-order chi connectivity index (χ1) is 11.8. The van der Waals surface area contributed by atoms with Crippen LogP contribution < -0.4 is 5.32 Å². The highest BCUT2D eigenvalue weighted by Gasteiger charge is 2.18. The molecule has 132 valence electrons. The number of anilines is 1. The number of benzene rings is 2. The Balaban J connectivity index is 2.01. The van der Waals surface area contributed by atoms with Crippen molar-refractivity contribution in [2.24, 2.45) is 0 Å². The third-order valence-electron chi connectivity index (χ3n) is 3.50. The zero-order valence-corrected chi connectivity index (χ0v) is 15.5. The van der Waals surface area contributed by atoms with Gasteiger partial charge in [0, 0.05) is 23.2 Å². The number of amides is 1. The van der Waals surface area contributed by atoms with E-state index in [4.69, 9.17) is 11.6 Å². The zero-order chi connectivity index (χ0) is 18.4. The number of hydrogen-bond donors (Lipinski definition) is 1. The van der Waals surface area contributed by atoms with Gasteiger partial charge < -0.3 is 5.32 Å². The molecule has 0 aromatic heterocycles. The Labute approximate surface area is 153 Å². The fourth-order valence-corrected chi connectivity index (χ4v) is 3.14. The van der Waals surface area contributed by atoms with E-state index in [1.165, 1.54) is 13.1 Å². The lowest BCUT2D eigenvalue weighted by molar-refractivity contribution is -0.116. The van der Waals surface area contributed by atoms with Crippen molar-refractivity contribution in [3.63, 3.8) is 0 Å². The number of rotatable bonds is 6. The molecule has 2 aromatic rings. The SMILES string of the molecule is Cc1cc(Cl)ccc1NC(=O)CN(C)S(=O)(=O)C=Cc1ccccc1. The molecule has 1 N–H and O–H groups in total. The number of carbonyl (C=O) groups is 1. The molecular formula is C18H19ClN2O3S. The van der Waals surface area contributed by atoms with Crippen molar-refractivity contribution in [1.29, 1.82) is 0 Å². The first-order valence-corrected chi connectivity index (χ1v) is 9.41. The quantitative estimate of drug-likeness (QED) is 0.836. The summed E-state index contributed by atoms with van der Waals surface area (Å²) in [4.78, 5) is 12.1. The Bertz CT molecular complexity index is 880. The highest BCUT2D eigenvalue weighted by atomic mass is 35.5. The minimum atomic E-state index is -3.69. The van der Waals surface area contributed by atoms with E-state index < -0.39 is 15.9 Å². The number of likely N-dealkylation sites (N-methyl/N-ethyl adjacent to an activating group) is 1. The van der Waals surface area contributed by atoms with Crippen LogP contribution in [0.4, 0.5) is 5.69 Å². The predicted octanol–water partition coefficient (Wildman–Crippen LogP) is 3.52. The van der Waals surface area contributed by atoms with E-state index in [1.807, 2.05) is 25.1 Å². The number of nitrogens with one attached hydrogen (secondary N) is 1. The molecule has 0 saturated heterocycles. The largest absolute Gasteiger partial charge is 0.325 e. The summed E-state index contributed by atoms with van der Waals surface area (Å²) in [6.45, 7) is 1.52. The number of hydrogen-bond acceptors (Lipinski definition) is 3. The summed E-state index contributed by atoms with van der Waals surface area (Å²) < 4.78 is 25.5. The van der Waals surface area contributed by atoms with Crippen LogP contribution in [0.1, 0.15) is 11.1 Å². The van der Waals surface area contributed by atoms with Crippen LogP contribution in [-0.2, 0) is 14.8 Å². The van der Waals surface area contributed by atoms with Gasteiger partial charge in [-0.15, -0.1) is 0 Å². The molecule has 0 radical (unpaired) electrons. The second-order valence-electron chi connectivity index (χ2n) is 5.52. The molecule has 2 rings (SSSR count). The standard InChI is InChI=1S/C18H19ClN2O3S/c1-14-12-16(19)8-9-17(14)20-18(22)13-21(2)25(23,24)11-10-15-6-4-3-5-7-15/h3-12H,13H2,1-2H3,(H,20,22). The Hall–Kier alpha value is -2.15. The van der Waals surface area contributed by atoms with Crippen molar-refractivity contribution in [3.05, 3.63) is 70.1 Å². The summed E-state index contributed by atoms with van der Waals surface area (Å²) in [5.41, 5.74) is 2.16. The van der Waals surface area contributed by atoms with E-state index in [1.54, 1.807) is 30.3 Å². The van der Waals surface area contributed by atoms with Crippen LogP contribution in [0, 0.1) is 6.92 Å². The lowest BCUT2D eigenvalue weighted by Crippen LogP contribution is -2.33. The van der Waals surface area contributed by atoms with Crippen LogP contribution in [-0.4, -0.2) is 32.2 Å². The highest BCUT2D eigenvalue weighted by molar-refractivity contribution is 7.92. The third-order valence-corrected chi connectivity index (χ3v) is 5.21. The average Bonchev–Trinajstić information content (AvgIpc) is 2.56. The summed E-state index contributed by atoms with van der Waals surface area (Å²) in [6.07, 6.45) is 1.49. The first-order valence-electron chi connectivity index (χ1n) is 7.53. The van der Waals surface area contributed by atoms with E-state index in [9.17, 15) is 13.2 Å². The van der Waals surface area contributed by atoms with Gasteiger partial charge in [-0.1, -0.05) is 41.9 Å². The number of halogens is 1. The van der Waals surface area contributed by atoms with Gasteiger partial charge in [0.1, 0.15) is 0 Å². The summed E-state index contributed by atoms with van der Waals surface area (Å²) in [7, 11) is -2.33. The molecule has 0 aliphatic rings. The molecule has 5 nitrogen and oxygen atoms in total. The minimum absolute atomic E-state index is 0.288. The highest BCUT2D eigenvalue weighted by Crippen LogP contribution is 2.19. The van der Waals surface area contributed by atoms with Crippen LogP contribution >= 0.6 is 11.6 Å². The molecule has 25 heavy (non-hydrogen) atoms. The van der Waals surface area contributed by atoms with Crippen molar-refractivity contribution >= 4 is 39.3 Å². The van der Waals surface area contributed by atoms with E-state index in [2.05, 4.69) is 5.32 Å². The molecule has 0 atom stereocenters. The van der Waals surface area contributed by atoms with E-state index in [-0.39, 0.29) is 6.54 Å². The van der Waals surface area contributed by atoms with Crippen molar-refractivity contribution in [3.8, 4) is 0 Å². The molecule has 0 saturated carbocycles. The Morgan fingerprint density at radius 1 is 1.20 bits per heavy atom. The fraction of sp³-hybridized carbons (Fsp3) is 0.167. The second-order valence-corrected chi connectivity index (χ2v) is 7.88. The van der Waals surface area contributed by atoms with Gasteiger partial charge >= 0.3 is 0 Å². The van der Waals surface area contributed by atoms with Gasteiger partial charge in [0.2, 0.25) is 15.9 Å². The summed E-state index contributed by atoms with van der Waals surface area (Å²) in [5, 5.41) is 4.34. The van der Waals surface area contributed by atoms with E-state index in [0.29, 0.717) is 10.7 Å². The van der Waals surface area contributed by atoms with Gasteiger partial charge in [0.05, 0.1) is 6.54 Å². The van der Waals surface area contributed by atoms with Crippen molar-refractivity contribution in [2.45, 2.75) is 6.92 Å². The summed E-state index contributed by atoms with van der Waals surface area (Å²) in [6, 6.07) is 14.1. The Morgan fingerprint density at radius 2 is 1.88 bits per heavy atom. The molecule has 0 bridgehead atoms. The maximum absolute atomic E-state index is 12.2. The number of nitrogens with zero attached hydrogens (tertiary/aromatic N) is 1. The zero-order valence-electron chi connectivity index (χ0n) is 13.9. The van der Waals surface area contributed by atoms with Crippen LogP contribution in [0.2, 0.25) is 5.02 Å². The maximum Gasteiger partial charge on any atom is 0.239 e. The maximum atomic E-state index is 12.2. The van der Waals surface area contributed by atoms with Crippen molar-refractivity contribution in [2.75, 3.05) is 18.9 Å². The minimum Gasteiger partial charge on any atom is -0.325 e. The molecule has 0 aliphatic carbocycles. The van der Waals surface area contributed by atoms with Gasteiger partial charge in [-0.05, 0) is 42.3 Å². The number of aryl methyl sites for hydroxylation is 1. The van der Waals surface area contributed by atoms with Gasteiger partial charge in [-0.3, -0.25) is 4.79 Å². The molecule has 0 spiro atoms. The van der Waals surface area contributed by atoms with Crippen LogP contribution in [0.25, 0.3) is 6.08 Å². The molecule has 0 heterocycles. The average molecular weight is 379 g/mol. The lowest BCUT2D eigenvalue weighted by Gasteiger charge is -2.15. The Morgan fingerprint density at radius 3 is 2.52 bits per heavy atom. The van der Waals surface area contributed by atoms with Crippen LogP contribution in [0.3, 0.4) is 0 Å².